The molecule has 8 heteroatoms. The van der Waals surface area contributed by atoms with Gasteiger partial charge < -0.3 is 9.64 Å². The lowest BCUT2D eigenvalue weighted by Gasteiger charge is -2.17. The van der Waals surface area contributed by atoms with E-state index < -0.39 is 24.3 Å². The molecule has 30 heavy (non-hydrogen) atoms. The number of benzene rings is 2. The molecule has 0 unspecified atom stereocenters. The first-order chi connectivity index (χ1) is 14.5. The first-order valence-electron chi connectivity index (χ1n) is 9.27. The van der Waals surface area contributed by atoms with Gasteiger partial charge in [0.15, 0.2) is 6.61 Å². The number of nitrogens with zero attached hydrogens (tertiary/aromatic N) is 4. The van der Waals surface area contributed by atoms with Gasteiger partial charge in [0.1, 0.15) is 11.5 Å². The van der Waals surface area contributed by atoms with Crippen molar-refractivity contribution < 1.29 is 18.7 Å². The molecule has 0 saturated heterocycles. The van der Waals surface area contributed by atoms with Crippen LogP contribution in [0.2, 0.25) is 0 Å². The lowest BCUT2D eigenvalue weighted by molar-refractivity contribution is -0.147. The van der Waals surface area contributed by atoms with Gasteiger partial charge >= 0.3 is 5.97 Å². The number of hydrogen-bond donors (Lipinski definition) is 0. The van der Waals surface area contributed by atoms with Gasteiger partial charge in [0.2, 0.25) is 0 Å². The Hall–Kier alpha value is -3.81. The van der Waals surface area contributed by atoms with Crippen molar-refractivity contribution in [3.05, 3.63) is 89.5 Å². The van der Waals surface area contributed by atoms with Crippen molar-refractivity contribution >= 4 is 18.0 Å². The Morgan fingerprint density at radius 2 is 1.87 bits per heavy atom. The number of rotatable bonds is 8. The molecule has 3 aromatic rings. The monoisotopic (exact) mass is 408 g/mol. The standard InChI is InChI=1S/C22H21FN4O3/c1-26(14-18-9-5-6-10-20(18)23)21(28)16-30-22(29)12-11-19-15-27(25-24-19)13-17-7-3-2-4-8-17/h2-12,15H,13-14,16H2,1H3/b12-11+. The maximum Gasteiger partial charge on any atom is 0.331 e. The summed E-state index contributed by atoms with van der Waals surface area (Å²) >= 11 is 0. The maximum atomic E-state index is 13.7. The highest BCUT2D eigenvalue weighted by atomic mass is 19.1. The Morgan fingerprint density at radius 3 is 2.63 bits per heavy atom. The van der Waals surface area contributed by atoms with Gasteiger partial charge in [0.05, 0.1) is 12.7 Å². The number of amides is 1. The number of likely N-dealkylation sites (N-methyl/N-ethyl adjacent to an activating group) is 1. The first kappa shape index (κ1) is 20.9. The van der Waals surface area contributed by atoms with E-state index in [1.165, 1.54) is 30.2 Å². The van der Waals surface area contributed by atoms with Crippen LogP contribution in [0.4, 0.5) is 4.39 Å². The van der Waals surface area contributed by atoms with Crippen LogP contribution >= 0.6 is 0 Å². The Labute approximate surface area is 173 Å². The molecular weight excluding hydrogens is 387 g/mol. The summed E-state index contributed by atoms with van der Waals surface area (Å²) in [6.45, 7) is 0.215. The predicted molar refractivity (Wildman–Crippen MR) is 108 cm³/mol. The number of halogens is 1. The van der Waals surface area contributed by atoms with Crippen LogP contribution in [-0.2, 0) is 27.4 Å². The van der Waals surface area contributed by atoms with Gasteiger partial charge in [-0.25, -0.2) is 13.9 Å². The van der Waals surface area contributed by atoms with Crippen LogP contribution in [0.25, 0.3) is 6.08 Å². The Kier molecular flexibility index (Phi) is 7.05. The van der Waals surface area contributed by atoms with Crippen LogP contribution in [0.3, 0.4) is 0 Å². The first-order valence-corrected chi connectivity index (χ1v) is 9.27. The van der Waals surface area contributed by atoms with E-state index >= 15 is 0 Å². The molecule has 0 saturated carbocycles. The summed E-state index contributed by atoms with van der Waals surface area (Å²) in [4.78, 5) is 25.2. The Morgan fingerprint density at radius 1 is 1.13 bits per heavy atom. The highest BCUT2D eigenvalue weighted by Gasteiger charge is 2.13. The molecule has 3 rings (SSSR count). The van der Waals surface area contributed by atoms with Gasteiger partial charge in [0, 0.05) is 25.2 Å². The fourth-order valence-electron chi connectivity index (χ4n) is 2.65. The van der Waals surface area contributed by atoms with E-state index in [-0.39, 0.29) is 6.54 Å². The smallest absolute Gasteiger partial charge is 0.331 e. The summed E-state index contributed by atoms with van der Waals surface area (Å²) in [6, 6.07) is 16.0. The second kappa shape index (κ2) is 10.1. The van der Waals surface area contributed by atoms with Crippen LogP contribution < -0.4 is 0 Å². The Balaban J connectivity index is 1.45. The normalized spacial score (nSPS) is 10.9. The van der Waals surface area contributed by atoms with Gasteiger partial charge in [-0.3, -0.25) is 4.79 Å². The highest BCUT2D eigenvalue weighted by Crippen LogP contribution is 2.09. The summed E-state index contributed by atoms with van der Waals surface area (Å²) in [7, 11) is 1.52. The topological polar surface area (TPSA) is 77.3 Å². The molecule has 1 amide bonds. The van der Waals surface area contributed by atoms with Crippen molar-refractivity contribution in [3.8, 4) is 0 Å². The predicted octanol–water partition coefficient (Wildman–Crippen LogP) is 2.68. The van der Waals surface area contributed by atoms with E-state index in [2.05, 4.69) is 10.3 Å². The number of aromatic nitrogens is 3. The number of esters is 1. The summed E-state index contributed by atoms with van der Waals surface area (Å²) in [5.74, 6) is -1.51. The number of carbonyl (C=O) groups is 2. The van der Waals surface area contributed by atoms with E-state index in [1.54, 1.807) is 29.1 Å². The van der Waals surface area contributed by atoms with Gasteiger partial charge in [-0.2, -0.15) is 0 Å². The van der Waals surface area contributed by atoms with Crippen molar-refractivity contribution in [3.63, 3.8) is 0 Å². The minimum absolute atomic E-state index is 0.0867. The third-order valence-corrected chi connectivity index (χ3v) is 4.26. The number of hydrogen-bond acceptors (Lipinski definition) is 5. The van der Waals surface area contributed by atoms with Crippen molar-refractivity contribution in [2.75, 3.05) is 13.7 Å². The molecular formula is C22H21FN4O3. The number of carbonyl (C=O) groups excluding carboxylic acids is 2. The zero-order valence-electron chi connectivity index (χ0n) is 16.4. The molecule has 0 aliphatic carbocycles. The molecule has 0 aliphatic rings. The van der Waals surface area contributed by atoms with Crippen LogP contribution in [0.15, 0.2) is 66.9 Å². The average Bonchev–Trinajstić information content (AvgIpc) is 3.20. The largest absolute Gasteiger partial charge is 0.452 e. The van der Waals surface area contributed by atoms with Gasteiger partial charge in [-0.05, 0) is 17.7 Å². The van der Waals surface area contributed by atoms with Crippen molar-refractivity contribution in [1.82, 2.24) is 19.9 Å². The average molecular weight is 408 g/mol. The summed E-state index contributed by atoms with van der Waals surface area (Å²) in [5, 5.41) is 7.98. The molecule has 0 aliphatic heterocycles. The zero-order valence-corrected chi connectivity index (χ0v) is 16.4. The van der Waals surface area contributed by atoms with E-state index in [1.807, 2.05) is 30.3 Å². The molecule has 2 aromatic carbocycles. The minimum atomic E-state index is -0.680. The quantitative estimate of drug-likeness (QED) is 0.423. The van der Waals surface area contributed by atoms with Crippen LogP contribution in [0.1, 0.15) is 16.8 Å². The molecule has 7 nitrogen and oxygen atoms in total. The van der Waals surface area contributed by atoms with Gasteiger partial charge in [-0.1, -0.05) is 53.7 Å². The molecule has 1 aromatic heterocycles. The molecule has 0 radical (unpaired) electrons. The minimum Gasteiger partial charge on any atom is -0.452 e. The second-order valence-corrected chi connectivity index (χ2v) is 6.61. The van der Waals surface area contributed by atoms with Crippen molar-refractivity contribution in [1.29, 1.82) is 0 Å². The lowest BCUT2D eigenvalue weighted by Crippen LogP contribution is -2.30. The molecule has 0 N–H and O–H groups in total. The number of ether oxygens (including phenoxy) is 1. The third-order valence-electron chi connectivity index (χ3n) is 4.26. The lowest BCUT2D eigenvalue weighted by atomic mass is 10.2. The summed E-state index contributed by atoms with van der Waals surface area (Å²) in [6.07, 6.45) is 4.34. The zero-order chi connectivity index (χ0) is 21.3. The Bertz CT molecular complexity index is 1030. The van der Waals surface area contributed by atoms with Crippen molar-refractivity contribution in [2.24, 2.45) is 0 Å². The second-order valence-electron chi connectivity index (χ2n) is 6.61. The van der Waals surface area contributed by atoms with E-state index in [4.69, 9.17) is 4.74 Å². The summed E-state index contributed by atoms with van der Waals surface area (Å²) < 4.78 is 20.3. The molecule has 0 fully saturated rings. The molecule has 0 bridgehead atoms. The molecule has 0 spiro atoms. The maximum absolute atomic E-state index is 13.7. The SMILES string of the molecule is CN(Cc1ccccc1F)C(=O)COC(=O)/C=C/c1cn(Cc2ccccc2)nn1. The molecule has 1 heterocycles. The van der Waals surface area contributed by atoms with E-state index in [0.29, 0.717) is 17.8 Å². The third kappa shape index (κ3) is 6.10. The van der Waals surface area contributed by atoms with E-state index in [9.17, 15) is 14.0 Å². The summed E-state index contributed by atoms with van der Waals surface area (Å²) in [5.41, 5.74) is 1.96. The van der Waals surface area contributed by atoms with Crippen LogP contribution in [0, 0.1) is 5.82 Å². The highest BCUT2D eigenvalue weighted by molar-refractivity contribution is 5.88. The van der Waals surface area contributed by atoms with Crippen LogP contribution in [-0.4, -0.2) is 45.4 Å². The van der Waals surface area contributed by atoms with E-state index in [0.717, 1.165) is 5.56 Å². The van der Waals surface area contributed by atoms with Gasteiger partial charge in [-0.15, -0.1) is 5.10 Å². The fraction of sp³-hybridized carbons (Fsp3) is 0.182. The fourth-order valence-corrected chi connectivity index (χ4v) is 2.65. The molecule has 0 atom stereocenters. The van der Waals surface area contributed by atoms with Gasteiger partial charge in [0.25, 0.3) is 5.91 Å². The van der Waals surface area contributed by atoms with Crippen LogP contribution in [0.5, 0.6) is 0 Å². The van der Waals surface area contributed by atoms with Crippen molar-refractivity contribution in [2.45, 2.75) is 13.1 Å². The molecule has 154 valence electrons.